The first-order chi connectivity index (χ1) is 9.25. The van der Waals surface area contributed by atoms with Gasteiger partial charge in [0.05, 0.1) is 17.4 Å². The van der Waals surface area contributed by atoms with E-state index < -0.39 is 0 Å². The van der Waals surface area contributed by atoms with Crippen molar-refractivity contribution in [3.8, 4) is 0 Å². The van der Waals surface area contributed by atoms with Gasteiger partial charge >= 0.3 is 0 Å². The summed E-state index contributed by atoms with van der Waals surface area (Å²) in [5.41, 5.74) is 6.17. The lowest BCUT2D eigenvalue weighted by molar-refractivity contribution is 1.08. The SMILES string of the molecule is Cc1cccc(C)c1CNc1cccc2cn[nH]c12. The number of nitrogens with zero attached hydrogens (tertiary/aromatic N) is 1. The number of H-pyrrole nitrogens is 1. The number of rotatable bonds is 3. The van der Waals surface area contributed by atoms with Crippen LogP contribution in [0.3, 0.4) is 0 Å². The van der Waals surface area contributed by atoms with Crippen LogP contribution in [0.5, 0.6) is 0 Å². The normalized spacial score (nSPS) is 10.8. The maximum Gasteiger partial charge on any atom is 0.0881 e. The summed E-state index contributed by atoms with van der Waals surface area (Å²) in [5, 5.41) is 11.8. The smallest absolute Gasteiger partial charge is 0.0881 e. The molecule has 3 rings (SSSR count). The Kier molecular flexibility index (Phi) is 2.95. The molecule has 1 aromatic heterocycles. The van der Waals surface area contributed by atoms with E-state index in [9.17, 15) is 0 Å². The number of anilines is 1. The molecule has 0 aliphatic rings. The van der Waals surface area contributed by atoms with E-state index in [2.05, 4.69) is 59.7 Å². The molecule has 96 valence electrons. The van der Waals surface area contributed by atoms with Crippen LogP contribution in [0.15, 0.2) is 42.6 Å². The molecule has 0 atom stereocenters. The zero-order valence-corrected chi connectivity index (χ0v) is 11.2. The quantitative estimate of drug-likeness (QED) is 0.743. The Balaban J connectivity index is 1.88. The number of aromatic amines is 1. The third kappa shape index (κ3) is 2.19. The van der Waals surface area contributed by atoms with Crippen LogP contribution < -0.4 is 5.32 Å². The molecule has 2 aromatic carbocycles. The Morgan fingerprint density at radius 2 is 1.79 bits per heavy atom. The van der Waals surface area contributed by atoms with Crippen molar-refractivity contribution in [2.75, 3.05) is 5.32 Å². The maximum atomic E-state index is 4.09. The van der Waals surface area contributed by atoms with Crippen molar-refractivity contribution in [1.29, 1.82) is 0 Å². The van der Waals surface area contributed by atoms with Crippen molar-refractivity contribution >= 4 is 16.6 Å². The molecular weight excluding hydrogens is 234 g/mol. The molecule has 0 fully saturated rings. The molecule has 0 unspecified atom stereocenters. The Hall–Kier alpha value is -2.29. The Bertz CT molecular complexity index is 693. The van der Waals surface area contributed by atoms with Crippen molar-refractivity contribution in [2.24, 2.45) is 0 Å². The molecule has 0 spiro atoms. The Morgan fingerprint density at radius 3 is 2.58 bits per heavy atom. The summed E-state index contributed by atoms with van der Waals surface area (Å²) < 4.78 is 0. The molecule has 0 aliphatic carbocycles. The lowest BCUT2D eigenvalue weighted by atomic mass is 10.0. The molecular formula is C16H17N3. The molecule has 2 N–H and O–H groups in total. The first kappa shape index (κ1) is 11.8. The molecule has 0 saturated heterocycles. The monoisotopic (exact) mass is 251 g/mol. The average Bonchev–Trinajstić information content (AvgIpc) is 2.87. The van der Waals surface area contributed by atoms with Crippen molar-refractivity contribution in [3.05, 3.63) is 59.3 Å². The second-order valence-corrected chi connectivity index (χ2v) is 4.86. The minimum atomic E-state index is 0.830. The van der Waals surface area contributed by atoms with E-state index >= 15 is 0 Å². The number of benzene rings is 2. The highest BCUT2D eigenvalue weighted by Gasteiger charge is 2.05. The zero-order valence-electron chi connectivity index (χ0n) is 11.2. The minimum Gasteiger partial charge on any atom is -0.379 e. The summed E-state index contributed by atoms with van der Waals surface area (Å²) in [4.78, 5) is 0. The highest BCUT2D eigenvalue weighted by Crippen LogP contribution is 2.22. The van der Waals surface area contributed by atoms with Gasteiger partial charge in [0.1, 0.15) is 0 Å². The molecule has 19 heavy (non-hydrogen) atoms. The van der Waals surface area contributed by atoms with Crippen LogP contribution in [0.25, 0.3) is 10.9 Å². The third-order valence-electron chi connectivity index (χ3n) is 3.58. The number of aromatic nitrogens is 2. The average molecular weight is 251 g/mol. The molecule has 0 aliphatic heterocycles. The second kappa shape index (κ2) is 4.76. The second-order valence-electron chi connectivity index (χ2n) is 4.86. The number of hydrogen-bond acceptors (Lipinski definition) is 2. The van der Waals surface area contributed by atoms with Gasteiger partial charge in [0, 0.05) is 11.9 Å². The summed E-state index contributed by atoms with van der Waals surface area (Å²) >= 11 is 0. The van der Waals surface area contributed by atoms with Crippen molar-refractivity contribution in [1.82, 2.24) is 10.2 Å². The van der Waals surface area contributed by atoms with E-state index in [-0.39, 0.29) is 0 Å². The standard InChI is InChI=1S/C16H17N3/c1-11-5-3-6-12(2)14(11)10-17-15-8-4-7-13-9-18-19-16(13)15/h3-9,17H,10H2,1-2H3,(H,18,19). The summed E-state index contributed by atoms with van der Waals surface area (Å²) in [5.74, 6) is 0. The molecule has 1 heterocycles. The van der Waals surface area contributed by atoms with Gasteiger partial charge in [-0.25, -0.2) is 0 Å². The lowest BCUT2D eigenvalue weighted by Crippen LogP contribution is -2.03. The van der Waals surface area contributed by atoms with Crippen LogP contribution in [0, 0.1) is 13.8 Å². The van der Waals surface area contributed by atoms with Crippen molar-refractivity contribution in [3.63, 3.8) is 0 Å². The van der Waals surface area contributed by atoms with Crippen molar-refractivity contribution in [2.45, 2.75) is 20.4 Å². The first-order valence-electron chi connectivity index (χ1n) is 6.47. The van der Waals surface area contributed by atoms with E-state index in [1.54, 1.807) is 0 Å². The van der Waals surface area contributed by atoms with E-state index in [1.807, 2.05) is 12.3 Å². The molecule has 3 heteroatoms. The molecule has 3 nitrogen and oxygen atoms in total. The number of aryl methyl sites for hydroxylation is 2. The highest BCUT2D eigenvalue weighted by molar-refractivity contribution is 5.89. The van der Waals surface area contributed by atoms with Gasteiger partial charge in [0.2, 0.25) is 0 Å². The molecule has 0 bridgehead atoms. The topological polar surface area (TPSA) is 40.7 Å². The molecule has 3 aromatic rings. The summed E-state index contributed by atoms with van der Waals surface area (Å²) in [6.07, 6.45) is 1.85. The zero-order chi connectivity index (χ0) is 13.2. The molecule has 0 amide bonds. The summed E-state index contributed by atoms with van der Waals surface area (Å²) in [6, 6.07) is 12.6. The fourth-order valence-electron chi connectivity index (χ4n) is 2.43. The fourth-order valence-corrected chi connectivity index (χ4v) is 2.43. The van der Waals surface area contributed by atoms with Crippen LogP contribution in [0.4, 0.5) is 5.69 Å². The molecule has 0 radical (unpaired) electrons. The summed E-state index contributed by atoms with van der Waals surface area (Å²) in [7, 11) is 0. The number of nitrogens with one attached hydrogen (secondary N) is 2. The Morgan fingerprint density at radius 1 is 1.05 bits per heavy atom. The van der Waals surface area contributed by atoms with Crippen LogP contribution in [-0.2, 0) is 6.54 Å². The van der Waals surface area contributed by atoms with E-state index in [1.165, 1.54) is 16.7 Å². The van der Waals surface area contributed by atoms with Gasteiger partial charge in [0.15, 0.2) is 0 Å². The maximum absolute atomic E-state index is 4.09. The first-order valence-corrected chi connectivity index (χ1v) is 6.47. The number of hydrogen-bond donors (Lipinski definition) is 2. The van der Waals surface area contributed by atoms with Crippen LogP contribution in [0.1, 0.15) is 16.7 Å². The number of para-hydroxylation sites is 1. The van der Waals surface area contributed by atoms with Crippen LogP contribution in [0.2, 0.25) is 0 Å². The fraction of sp³-hybridized carbons (Fsp3) is 0.188. The molecule has 0 saturated carbocycles. The Labute approximate surface area is 112 Å². The van der Waals surface area contributed by atoms with Gasteiger partial charge in [-0.05, 0) is 36.6 Å². The largest absolute Gasteiger partial charge is 0.379 e. The summed E-state index contributed by atoms with van der Waals surface area (Å²) in [6.45, 7) is 5.14. The van der Waals surface area contributed by atoms with Crippen LogP contribution >= 0.6 is 0 Å². The minimum absolute atomic E-state index is 0.830. The number of fused-ring (bicyclic) bond motifs is 1. The lowest BCUT2D eigenvalue weighted by Gasteiger charge is -2.12. The van der Waals surface area contributed by atoms with E-state index in [0.29, 0.717) is 0 Å². The predicted molar refractivity (Wildman–Crippen MR) is 79.3 cm³/mol. The van der Waals surface area contributed by atoms with Gasteiger partial charge in [-0.1, -0.05) is 30.3 Å². The van der Waals surface area contributed by atoms with Gasteiger partial charge in [0.25, 0.3) is 0 Å². The van der Waals surface area contributed by atoms with Gasteiger partial charge in [-0.15, -0.1) is 0 Å². The van der Waals surface area contributed by atoms with Gasteiger partial charge < -0.3 is 5.32 Å². The predicted octanol–water partition coefficient (Wildman–Crippen LogP) is 3.79. The van der Waals surface area contributed by atoms with Gasteiger partial charge in [-0.2, -0.15) is 5.10 Å². The van der Waals surface area contributed by atoms with Crippen LogP contribution in [-0.4, -0.2) is 10.2 Å². The third-order valence-corrected chi connectivity index (χ3v) is 3.58. The van der Waals surface area contributed by atoms with Crippen molar-refractivity contribution < 1.29 is 0 Å². The highest BCUT2D eigenvalue weighted by atomic mass is 15.1. The van der Waals surface area contributed by atoms with Gasteiger partial charge in [-0.3, -0.25) is 5.10 Å². The van der Waals surface area contributed by atoms with E-state index in [4.69, 9.17) is 0 Å². The van der Waals surface area contributed by atoms with E-state index in [0.717, 1.165) is 23.1 Å².